The van der Waals surface area contributed by atoms with Gasteiger partial charge in [0.25, 0.3) is 0 Å². The van der Waals surface area contributed by atoms with Gasteiger partial charge in [-0.3, -0.25) is 4.79 Å². The zero-order valence-corrected chi connectivity index (χ0v) is 14.3. The summed E-state index contributed by atoms with van der Waals surface area (Å²) in [7, 11) is 1.31. The van der Waals surface area contributed by atoms with Crippen LogP contribution >= 0.6 is 0 Å². The Labute approximate surface area is 141 Å². The number of rotatable bonds is 7. The van der Waals surface area contributed by atoms with Crippen molar-refractivity contribution >= 4 is 22.8 Å². The number of aromatic amines is 1. The molecule has 1 amide bonds. The summed E-state index contributed by atoms with van der Waals surface area (Å²) in [6.07, 6.45) is 2.98. The Morgan fingerprint density at radius 1 is 1.33 bits per heavy atom. The molecule has 0 fully saturated rings. The number of hydrogen-bond donors (Lipinski definition) is 3. The summed E-state index contributed by atoms with van der Waals surface area (Å²) in [5, 5.41) is 3.75. The first-order chi connectivity index (χ1) is 11.5. The fraction of sp³-hybridized carbons (Fsp3) is 0.444. The third kappa shape index (κ3) is 3.94. The van der Waals surface area contributed by atoms with Crippen LogP contribution in [-0.4, -0.2) is 36.1 Å². The molecule has 0 spiro atoms. The number of carbonyl (C=O) groups is 2. The largest absolute Gasteiger partial charge is 0.467 e. The molecule has 2 rings (SSSR count). The Hall–Kier alpha value is -2.34. The highest BCUT2D eigenvalue weighted by molar-refractivity contribution is 5.89. The van der Waals surface area contributed by atoms with Gasteiger partial charge in [0.15, 0.2) is 0 Å². The molecule has 0 saturated heterocycles. The van der Waals surface area contributed by atoms with Crippen molar-refractivity contribution in [1.29, 1.82) is 0 Å². The van der Waals surface area contributed by atoms with Crippen LogP contribution in [0.4, 0.5) is 0 Å². The summed E-state index contributed by atoms with van der Waals surface area (Å²) in [5.41, 5.74) is 7.88. The molecule has 1 heterocycles. The Kier molecular flexibility index (Phi) is 5.98. The van der Waals surface area contributed by atoms with Crippen LogP contribution < -0.4 is 11.1 Å². The number of aromatic nitrogens is 1. The minimum Gasteiger partial charge on any atom is -0.467 e. The number of nitrogens with one attached hydrogen (secondary N) is 2. The number of methoxy groups -OCH3 is 1. The second-order valence-corrected chi connectivity index (χ2v) is 6.06. The summed E-state index contributed by atoms with van der Waals surface area (Å²) in [5.74, 6) is -0.777. The normalized spacial score (nSPS) is 14.8. The van der Waals surface area contributed by atoms with Gasteiger partial charge in [0, 0.05) is 23.5 Å². The van der Waals surface area contributed by atoms with E-state index in [1.54, 1.807) is 0 Å². The fourth-order valence-electron chi connectivity index (χ4n) is 2.64. The second kappa shape index (κ2) is 7.97. The number of hydrogen-bond acceptors (Lipinski definition) is 4. The molecule has 0 unspecified atom stereocenters. The molecule has 2 aromatic rings. The van der Waals surface area contributed by atoms with E-state index in [0.717, 1.165) is 22.9 Å². The quantitative estimate of drug-likeness (QED) is 0.673. The highest BCUT2D eigenvalue weighted by atomic mass is 16.5. The van der Waals surface area contributed by atoms with Crippen LogP contribution in [0.15, 0.2) is 30.5 Å². The lowest BCUT2D eigenvalue weighted by Crippen LogP contribution is -2.51. The fourth-order valence-corrected chi connectivity index (χ4v) is 2.64. The number of fused-ring (bicyclic) bond motifs is 1. The lowest BCUT2D eigenvalue weighted by atomic mass is 9.98. The van der Waals surface area contributed by atoms with E-state index < -0.39 is 18.1 Å². The lowest BCUT2D eigenvalue weighted by molar-refractivity contribution is -0.145. The van der Waals surface area contributed by atoms with Crippen LogP contribution in [0.2, 0.25) is 0 Å². The molecule has 0 aliphatic heterocycles. The minimum absolute atomic E-state index is 0.0383. The highest BCUT2D eigenvalue weighted by Gasteiger charge is 2.27. The van der Waals surface area contributed by atoms with Crippen molar-refractivity contribution in [3.63, 3.8) is 0 Å². The van der Waals surface area contributed by atoms with E-state index in [0.29, 0.717) is 6.42 Å². The summed E-state index contributed by atoms with van der Waals surface area (Å²) in [6, 6.07) is 6.39. The number of nitrogens with two attached hydrogens (primary N) is 1. The summed E-state index contributed by atoms with van der Waals surface area (Å²) < 4.78 is 4.84. The molecule has 0 radical (unpaired) electrons. The Balaban J connectivity index is 2.17. The Bertz CT molecular complexity index is 710. The number of H-pyrrole nitrogens is 1. The van der Waals surface area contributed by atoms with Gasteiger partial charge in [0.1, 0.15) is 6.04 Å². The van der Waals surface area contributed by atoms with Crippen molar-refractivity contribution in [2.24, 2.45) is 11.7 Å². The molecule has 1 aromatic carbocycles. The zero-order chi connectivity index (χ0) is 17.7. The van der Waals surface area contributed by atoms with Crippen molar-refractivity contribution in [2.45, 2.75) is 38.8 Å². The molecular formula is C18H25N3O3. The van der Waals surface area contributed by atoms with E-state index in [-0.39, 0.29) is 11.8 Å². The molecule has 130 valence electrons. The van der Waals surface area contributed by atoms with Gasteiger partial charge in [0.2, 0.25) is 5.91 Å². The Morgan fingerprint density at radius 3 is 2.71 bits per heavy atom. The maximum Gasteiger partial charge on any atom is 0.328 e. The smallest absolute Gasteiger partial charge is 0.328 e. The van der Waals surface area contributed by atoms with Crippen LogP contribution in [0.5, 0.6) is 0 Å². The van der Waals surface area contributed by atoms with Crippen LogP contribution in [0.3, 0.4) is 0 Å². The van der Waals surface area contributed by atoms with Crippen LogP contribution in [0, 0.1) is 5.92 Å². The van der Waals surface area contributed by atoms with Gasteiger partial charge in [0.05, 0.1) is 13.2 Å². The standard InChI is InChI=1S/C18H25N3O3/c1-4-11(2)16(19)17(22)21-15(18(23)24-3)9-12-10-20-14-8-6-5-7-13(12)14/h5-8,10-11,15-16,20H,4,9,19H2,1-3H3,(H,21,22)/t11-,15-,16-/m0/s1. The average Bonchev–Trinajstić information content (AvgIpc) is 3.02. The predicted molar refractivity (Wildman–Crippen MR) is 93.4 cm³/mol. The van der Waals surface area contributed by atoms with Crippen molar-refractivity contribution in [3.8, 4) is 0 Å². The third-order valence-corrected chi connectivity index (χ3v) is 4.46. The zero-order valence-electron chi connectivity index (χ0n) is 14.3. The van der Waals surface area contributed by atoms with Crippen molar-refractivity contribution in [3.05, 3.63) is 36.0 Å². The molecule has 3 atom stereocenters. The molecular weight excluding hydrogens is 306 g/mol. The molecule has 1 aromatic heterocycles. The molecule has 6 heteroatoms. The van der Waals surface area contributed by atoms with Gasteiger partial charge in [-0.25, -0.2) is 4.79 Å². The maximum absolute atomic E-state index is 12.3. The first kappa shape index (κ1) is 18.0. The van der Waals surface area contributed by atoms with E-state index in [1.165, 1.54) is 7.11 Å². The van der Waals surface area contributed by atoms with Gasteiger partial charge in [-0.1, -0.05) is 38.5 Å². The summed E-state index contributed by atoms with van der Waals surface area (Å²) in [6.45, 7) is 3.89. The van der Waals surface area contributed by atoms with Crippen LogP contribution in [0.1, 0.15) is 25.8 Å². The number of benzene rings is 1. The average molecular weight is 331 g/mol. The van der Waals surface area contributed by atoms with E-state index in [4.69, 9.17) is 10.5 Å². The van der Waals surface area contributed by atoms with Crippen LogP contribution in [-0.2, 0) is 20.7 Å². The minimum atomic E-state index is -0.767. The third-order valence-electron chi connectivity index (χ3n) is 4.46. The summed E-state index contributed by atoms with van der Waals surface area (Å²) >= 11 is 0. The first-order valence-electron chi connectivity index (χ1n) is 8.16. The van der Waals surface area contributed by atoms with Gasteiger partial charge in [-0.2, -0.15) is 0 Å². The number of carbonyl (C=O) groups excluding carboxylic acids is 2. The van der Waals surface area contributed by atoms with Gasteiger partial charge in [-0.05, 0) is 17.5 Å². The number of para-hydroxylation sites is 1. The van der Waals surface area contributed by atoms with Gasteiger partial charge < -0.3 is 20.8 Å². The topological polar surface area (TPSA) is 97.2 Å². The SMILES string of the molecule is CC[C@H](C)[C@H](N)C(=O)N[C@@H](Cc1c[nH]c2ccccc12)C(=O)OC. The Morgan fingerprint density at radius 2 is 2.04 bits per heavy atom. The van der Waals surface area contributed by atoms with E-state index >= 15 is 0 Å². The highest BCUT2D eigenvalue weighted by Crippen LogP contribution is 2.19. The lowest BCUT2D eigenvalue weighted by Gasteiger charge is -2.22. The first-order valence-corrected chi connectivity index (χ1v) is 8.16. The van der Waals surface area contributed by atoms with Crippen LogP contribution in [0.25, 0.3) is 10.9 Å². The van der Waals surface area contributed by atoms with E-state index in [2.05, 4.69) is 10.3 Å². The van der Waals surface area contributed by atoms with E-state index in [9.17, 15) is 9.59 Å². The van der Waals surface area contributed by atoms with Gasteiger partial charge >= 0.3 is 5.97 Å². The van der Waals surface area contributed by atoms with E-state index in [1.807, 2.05) is 44.3 Å². The predicted octanol–water partition coefficient (Wildman–Crippen LogP) is 1.74. The maximum atomic E-state index is 12.3. The molecule has 6 nitrogen and oxygen atoms in total. The molecule has 4 N–H and O–H groups in total. The molecule has 24 heavy (non-hydrogen) atoms. The van der Waals surface area contributed by atoms with Crippen molar-refractivity contribution in [1.82, 2.24) is 10.3 Å². The number of amides is 1. The number of esters is 1. The molecule has 0 bridgehead atoms. The van der Waals surface area contributed by atoms with Crippen molar-refractivity contribution < 1.29 is 14.3 Å². The van der Waals surface area contributed by atoms with Gasteiger partial charge in [-0.15, -0.1) is 0 Å². The number of ether oxygens (including phenoxy) is 1. The second-order valence-electron chi connectivity index (χ2n) is 6.06. The monoisotopic (exact) mass is 331 g/mol. The molecule has 0 aliphatic rings. The molecule has 0 aliphatic carbocycles. The van der Waals surface area contributed by atoms with Crippen molar-refractivity contribution in [2.75, 3.05) is 7.11 Å². The summed E-state index contributed by atoms with van der Waals surface area (Å²) in [4.78, 5) is 27.6. The molecule has 0 saturated carbocycles.